The van der Waals surface area contributed by atoms with E-state index in [1.807, 2.05) is 181 Å². The van der Waals surface area contributed by atoms with Crippen LogP contribution >= 0.6 is 0 Å². The number of rotatable bonds is 0. The van der Waals surface area contributed by atoms with E-state index >= 15 is 0 Å². The Morgan fingerprint density at radius 3 is 1.77 bits per heavy atom. The molecule has 0 spiro atoms. The molecule has 4 aromatic heterocycles. The lowest BCUT2D eigenvalue weighted by molar-refractivity contribution is 0.357. The summed E-state index contributed by atoms with van der Waals surface area (Å²) in [6.45, 7) is 30.9. The van der Waals surface area contributed by atoms with Crippen molar-refractivity contribution in [1.29, 1.82) is 0 Å². The van der Waals surface area contributed by atoms with Gasteiger partial charge in [0.15, 0.2) is 0 Å². The number of benzene rings is 5. The van der Waals surface area contributed by atoms with Crippen molar-refractivity contribution in [3.05, 3.63) is 202 Å². The third-order valence-corrected chi connectivity index (χ3v) is 9.05. The van der Waals surface area contributed by atoms with Gasteiger partial charge in [0.2, 0.25) is 0 Å². The van der Waals surface area contributed by atoms with E-state index in [0.29, 0.717) is 0 Å². The van der Waals surface area contributed by atoms with Crippen LogP contribution in [0.2, 0.25) is 0 Å². The highest BCUT2D eigenvalue weighted by Gasteiger charge is 2.10. The van der Waals surface area contributed by atoms with Crippen molar-refractivity contribution in [2.75, 3.05) is 6.61 Å². The molecule has 0 atom stereocenters. The molecule has 9 aromatic rings. The van der Waals surface area contributed by atoms with Crippen molar-refractivity contribution in [3.63, 3.8) is 0 Å². The molecule has 0 saturated heterocycles. The minimum Gasteiger partial charge on any atom is -0.493 e. The monoisotopic (exact) mass is 873 g/mol. The molecule has 1 aliphatic rings. The summed E-state index contributed by atoms with van der Waals surface area (Å²) < 4.78 is 5.35. The number of fused-ring (bicyclic) bond motifs is 5. The molecule has 0 saturated carbocycles. The first kappa shape index (κ1) is 56.4. The molecule has 344 valence electrons. The number of aromatic amines is 1. The van der Waals surface area contributed by atoms with Gasteiger partial charge in [0, 0.05) is 57.4 Å². The van der Waals surface area contributed by atoms with Gasteiger partial charge in [-0.05, 0) is 106 Å². The van der Waals surface area contributed by atoms with E-state index in [1.165, 1.54) is 38.2 Å². The van der Waals surface area contributed by atoms with Crippen molar-refractivity contribution in [2.45, 2.75) is 110 Å². The van der Waals surface area contributed by atoms with Gasteiger partial charge in [0.05, 0.1) is 17.6 Å². The Labute approximate surface area is 391 Å². The van der Waals surface area contributed by atoms with Crippen LogP contribution in [-0.4, -0.2) is 26.5 Å². The van der Waals surface area contributed by atoms with Crippen molar-refractivity contribution < 1.29 is 4.74 Å². The first-order chi connectivity index (χ1) is 31.7. The van der Waals surface area contributed by atoms with E-state index in [1.54, 1.807) is 0 Å². The lowest BCUT2D eigenvalue weighted by Crippen LogP contribution is -2.08. The van der Waals surface area contributed by atoms with E-state index in [2.05, 4.69) is 101 Å². The van der Waals surface area contributed by atoms with Gasteiger partial charge in [-0.2, -0.15) is 0 Å². The maximum Gasteiger partial charge on any atom is 0.251 e. The summed E-state index contributed by atoms with van der Waals surface area (Å²) in [6, 6.07) is 48.9. The normalized spacial score (nSPS) is 9.83. The largest absolute Gasteiger partial charge is 0.493 e. The zero-order valence-electron chi connectivity index (χ0n) is 42.1. The van der Waals surface area contributed by atoms with Crippen molar-refractivity contribution in [3.8, 4) is 5.75 Å². The summed E-state index contributed by atoms with van der Waals surface area (Å²) in [7, 11) is 0. The zero-order valence-corrected chi connectivity index (χ0v) is 42.1. The number of nitrogens with one attached hydrogen (secondary N) is 1. The minimum absolute atomic E-state index is 0.00583. The predicted molar refractivity (Wildman–Crippen MR) is 286 cm³/mol. The van der Waals surface area contributed by atoms with Crippen LogP contribution in [0.5, 0.6) is 5.75 Å². The van der Waals surface area contributed by atoms with Crippen LogP contribution in [0.1, 0.15) is 103 Å². The number of ether oxygens (including phenoxy) is 1. The summed E-state index contributed by atoms with van der Waals surface area (Å²) >= 11 is 0. The van der Waals surface area contributed by atoms with Gasteiger partial charge in [-0.25, -0.2) is 0 Å². The highest BCUT2D eigenvalue weighted by Crippen LogP contribution is 2.25. The van der Waals surface area contributed by atoms with Crippen LogP contribution in [0.25, 0.3) is 43.5 Å². The number of hydrogen-bond acceptors (Lipinski definition) is 5. The summed E-state index contributed by atoms with van der Waals surface area (Å²) in [5.74, 6) is 1.07. The summed E-state index contributed by atoms with van der Waals surface area (Å²) in [4.78, 5) is 26.8. The average molecular weight is 873 g/mol. The van der Waals surface area contributed by atoms with Crippen LogP contribution in [0.4, 0.5) is 0 Å². The molecule has 0 aliphatic carbocycles. The van der Waals surface area contributed by atoms with Crippen molar-refractivity contribution in [2.24, 2.45) is 0 Å². The first-order valence-corrected chi connectivity index (χ1v) is 23.5. The van der Waals surface area contributed by atoms with Crippen molar-refractivity contribution in [1.82, 2.24) is 19.9 Å². The van der Waals surface area contributed by atoms with Gasteiger partial charge in [0.1, 0.15) is 5.75 Å². The number of para-hydroxylation sites is 2. The fourth-order valence-electron chi connectivity index (χ4n) is 6.13. The van der Waals surface area contributed by atoms with Gasteiger partial charge < -0.3 is 9.72 Å². The molecule has 1 N–H and O–H groups in total. The van der Waals surface area contributed by atoms with Crippen LogP contribution in [0.3, 0.4) is 0 Å². The fraction of sp³-hybridized carbons (Fsp3) is 0.288. The number of aromatic nitrogens is 4. The third-order valence-electron chi connectivity index (χ3n) is 9.05. The second kappa shape index (κ2) is 32.9. The Morgan fingerprint density at radius 1 is 0.477 bits per heavy atom. The predicted octanol–water partition coefficient (Wildman–Crippen LogP) is 16.5. The molecule has 0 fully saturated rings. The highest BCUT2D eigenvalue weighted by atomic mass is 16.5. The Hall–Kier alpha value is -6.66. The molecule has 6 nitrogen and oxygen atoms in total. The second-order valence-corrected chi connectivity index (χ2v) is 13.6. The minimum atomic E-state index is -0.00583. The summed E-state index contributed by atoms with van der Waals surface area (Å²) in [6.07, 6.45) is 4.80. The molecule has 0 amide bonds. The van der Waals surface area contributed by atoms with E-state index in [0.717, 1.165) is 57.7 Å². The molecule has 1 aliphatic heterocycles. The Morgan fingerprint density at radius 2 is 1.06 bits per heavy atom. The van der Waals surface area contributed by atoms with Gasteiger partial charge in [-0.1, -0.05) is 171 Å². The molecule has 6 heteroatoms. The Balaban J connectivity index is 0.000000387. The van der Waals surface area contributed by atoms with E-state index in [-0.39, 0.29) is 5.56 Å². The second-order valence-electron chi connectivity index (χ2n) is 13.6. The molecular weight excluding hydrogens is 797 g/mol. The molecule has 10 rings (SSSR count). The van der Waals surface area contributed by atoms with Crippen LogP contribution in [0, 0.1) is 34.6 Å². The zero-order chi connectivity index (χ0) is 48.6. The molecule has 65 heavy (non-hydrogen) atoms. The van der Waals surface area contributed by atoms with Gasteiger partial charge in [-0.15, -0.1) is 0 Å². The molecule has 0 unspecified atom stereocenters. The Kier molecular flexibility index (Phi) is 28.6. The van der Waals surface area contributed by atoms with Gasteiger partial charge in [0.25, 0.3) is 5.56 Å². The average Bonchev–Trinajstić information content (AvgIpc) is 3.84. The number of nitrogens with zero attached hydrogens (tertiary/aromatic N) is 3. The molecular formula is C59H76N4O2. The maximum atomic E-state index is 11.2. The van der Waals surface area contributed by atoms with E-state index < -0.39 is 0 Å². The van der Waals surface area contributed by atoms with Crippen molar-refractivity contribution >= 4 is 43.5 Å². The SMILES string of the molecule is CC.CC.CC.CC.CC.Cc1cc2ccccc2[nH]c1=O.Cc1cc2ccccc2cn1.Cc1ccc2c(c1)CCO2.Cc1ccc2ccccc2n1.Cc1ccc2ncccc2c1. The quantitative estimate of drug-likeness (QED) is 0.164. The third kappa shape index (κ3) is 19.3. The number of H-pyrrole nitrogens is 1. The molecule has 5 heterocycles. The molecule has 5 aromatic carbocycles. The highest BCUT2D eigenvalue weighted by molar-refractivity contribution is 5.82. The van der Waals surface area contributed by atoms with E-state index in [9.17, 15) is 4.79 Å². The molecule has 0 radical (unpaired) electrons. The topological polar surface area (TPSA) is 80.8 Å². The summed E-state index contributed by atoms with van der Waals surface area (Å²) in [5.41, 5.74) is 9.91. The lowest BCUT2D eigenvalue weighted by Gasteiger charge is -1.97. The maximum absolute atomic E-state index is 11.2. The van der Waals surface area contributed by atoms with Gasteiger partial charge >= 0.3 is 0 Å². The standard InChI is InChI=1S/C10H9NO.3C10H9N.C9H10O.5C2H6/c1-7-6-8-4-2-3-5-9(8)11-10(7)12;1-8-4-5-10-9(7-8)3-2-6-11-10;1-8-6-9-4-2-3-5-10(9)7-11-8;1-8-6-7-9-4-2-3-5-10(9)11-8;1-7-2-3-9-8(6-7)4-5-10-9;5*1-2/h2-6H,1H3,(H,11,12);3*2-7H,1H3;2-3,6H,4-5H2,1H3;5*1-2H3. The van der Waals surface area contributed by atoms with Crippen LogP contribution in [0.15, 0.2) is 163 Å². The fourth-order valence-corrected chi connectivity index (χ4v) is 6.13. The molecule has 0 bridgehead atoms. The van der Waals surface area contributed by atoms with Gasteiger partial charge in [-0.3, -0.25) is 19.7 Å². The lowest BCUT2D eigenvalue weighted by atomic mass is 10.1. The van der Waals surface area contributed by atoms with Crippen LogP contribution < -0.4 is 10.3 Å². The number of aryl methyl sites for hydroxylation is 5. The smallest absolute Gasteiger partial charge is 0.251 e. The van der Waals surface area contributed by atoms with Crippen LogP contribution in [-0.2, 0) is 6.42 Å². The number of pyridine rings is 4. The Bertz CT molecular complexity index is 2560. The number of hydrogen-bond donors (Lipinski definition) is 1. The first-order valence-electron chi connectivity index (χ1n) is 23.5. The van der Waals surface area contributed by atoms with E-state index in [4.69, 9.17) is 4.74 Å². The summed E-state index contributed by atoms with van der Waals surface area (Å²) in [5, 5.41) is 5.97.